The number of hydrogen-bond acceptors (Lipinski definition) is 3. The minimum atomic E-state index is -0.372. The summed E-state index contributed by atoms with van der Waals surface area (Å²) in [5.74, 6) is 0.667. The third-order valence-electron chi connectivity index (χ3n) is 3.21. The van der Waals surface area contributed by atoms with Crippen molar-refractivity contribution in [2.75, 3.05) is 13.2 Å². The van der Waals surface area contributed by atoms with E-state index in [1.165, 1.54) is 0 Å². The molecule has 1 aromatic rings. The highest BCUT2D eigenvalue weighted by Gasteiger charge is 2.15. The number of aliphatic hydroxyl groups excluding tert-OH is 1. The number of rotatable bonds is 4. The smallest absolute Gasteiger partial charge is 0.0817 e. The maximum atomic E-state index is 9.68. The van der Waals surface area contributed by atoms with Gasteiger partial charge in [0.2, 0.25) is 0 Å². The molecule has 0 bridgehead atoms. The van der Waals surface area contributed by atoms with E-state index in [4.69, 9.17) is 4.74 Å². The number of aliphatic hydroxyl groups is 1. The molecule has 1 atom stereocenters. The largest absolute Gasteiger partial charge is 0.388 e. The Hall–Kier alpha value is -0.870. The number of aromatic nitrogens is 2. The molecule has 16 heavy (non-hydrogen) atoms. The number of nitrogens with zero attached hydrogens (tertiary/aromatic N) is 2. The Labute approximate surface area is 96.2 Å². The average Bonchev–Trinajstić information content (AvgIpc) is 2.78. The standard InChI is InChI=1S/C12H20N2O2/c1-2-12(15)11-7-13-14(9-11)8-10-3-5-16-6-4-10/h7,9-10,12,15H,2-6,8H2,1H3. The van der Waals surface area contributed by atoms with Crippen LogP contribution in [0.3, 0.4) is 0 Å². The zero-order valence-corrected chi connectivity index (χ0v) is 9.80. The second-order valence-corrected chi connectivity index (χ2v) is 4.48. The van der Waals surface area contributed by atoms with Gasteiger partial charge in [0.25, 0.3) is 0 Å². The van der Waals surface area contributed by atoms with Gasteiger partial charge < -0.3 is 9.84 Å². The van der Waals surface area contributed by atoms with Crippen LogP contribution in [0.15, 0.2) is 12.4 Å². The van der Waals surface area contributed by atoms with Gasteiger partial charge in [-0.3, -0.25) is 4.68 Å². The Balaban J connectivity index is 1.91. The lowest BCUT2D eigenvalue weighted by Gasteiger charge is -2.21. The van der Waals surface area contributed by atoms with Crippen molar-refractivity contribution in [2.24, 2.45) is 5.92 Å². The van der Waals surface area contributed by atoms with Gasteiger partial charge in [0.15, 0.2) is 0 Å². The van der Waals surface area contributed by atoms with Crippen LogP contribution in [-0.2, 0) is 11.3 Å². The molecule has 1 N–H and O–H groups in total. The third kappa shape index (κ3) is 2.83. The predicted octanol–water partition coefficient (Wildman–Crippen LogP) is 1.75. The summed E-state index contributed by atoms with van der Waals surface area (Å²) in [5.41, 5.74) is 0.926. The molecule has 1 fully saturated rings. The van der Waals surface area contributed by atoms with E-state index < -0.39 is 0 Å². The minimum absolute atomic E-state index is 0.372. The maximum Gasteiger partial charge on any atom is 0.0817 e. The zero-order valence-electron chi connectivity index (χ0n) is 9.80. The van der Waals surface area contributed by atoms with Gasteiger partial charge in [0.05, 0.1) is 12.3 Å². The Morgan fingerprint density at radius 2 is 2.31 bits per heavy atom. The summed E-state index contributed by atoms with van der Waals surface area (Å²) < 4.78 is 7.28. The van der Waals surface area contributed by atoms with Gasteiger partial charge in [0.1, 0.15) is 0 Å². The molecule has 0 saturated carbocycles. The molecule has 1 unspecified atom stereocenters. The molecule has 1 aliphatic heterocycles. The van der Waals surface area contributed by atoms with E-state index in [0.717, 1.165) is 44.6 Å². The van der Waals surface area contributed by atoms with E-state index in [0.29, 0.717) is 5.92 Å². The lowest BCUT2D eigenvalue weighted by atomic mass is 10.0. The van der Waals surface area contributed by atoms with Crippen molar-refractivity contribution in [3.8, 4) is 0 Å². The van der Waals surface area contributed by atoms with Crippen molar-refractivity contribution in [1.29, 1.82) is 0 Å². The number of ether oxygens (including phenoxy) is 1. The van der Waals surface area contributed by atoms with Crippen LogP contribution >= 0.6 is 0 Å². The lowest BCUT2D eigenvalue weighted by Crippen LogP contribution is -2.20. The molecule has 2 heterocycles. The van der Waals surface area contributed by atoms with E-state index in [9.17, 15) is 5.11 Å². The Morgan fingerprint density at radius 1 is 1.56 bits per heavy atom. The highest BCUT2D eigenvalue weighted by atomic mass is 16.5. The molecular formula is C12H20N2O2. The molecule has 0 amide bonds. The van der Waals surface area contributed by atoms with Gasteiger partial charge in [-0.25, -0.2) is 0 Å². The lowest BCUT2D eigenvalue weighted by molar-refractivity contribution is 0.0601. The molecule has 0 aliphatic carbocycles. The second-order valence-electron chi connectivity index (χ2n) is 4.48. The average molecular weight is 224 g/mol. The number of hydrogen-bond donors (Lipinski definition) is 1. The maximum absolute atomic E-state index is 9.68. The van der Waals surface area contributed by atoms with Gasteiger partial charge in [-0.2, -0.15) is 5.10 Å². The summed E-state index contributed by atoms with van der Waals surface area (Å²) >= 11 is 0. The van der Waals surface area contributed by atoms with Crippen molar-refractivity contribution < 1.29 is 9.84 Å². The van der Waals surface area contributed by atoms with Crippen LogP contribution in [-0.4, -0.2) is 28.1 Å². The minimum Gasteiger partial charge on any atom is -0.388 e. The molecule has 4 nitrogen and oxygen atoms in total. The molecule has 4 heteroatoms. The molecule has 1 aliphatic rings. The van der Waals surface area contributed by atoms with E-state index in [2.05, 4.69) is 5.10 Å². The van der Waals surface area contributed by atoms with Crippen LogP contribution in [0, 0.1) is 5.92 Å². The summed E-state index contributed by atoms with van der Waals surface area (Å²) in [6.45, 7) is 4.66. The van der Waals surface area contributed by atoms with Crippen molar-refractivity contribution in [3.05, 3.63) is 18.0 Å². The van der Waals surface area contributed by atoms with Gasteiger partial charge in [-0.1, -0.05) is 6.92 Å². The van der Waals surface area contributed by atoms with E-state index in [1.807, 2.05) is 17.8 Å². The molecule has 0 spiro atoms. The topological polar surface area (TPSA) is 47.3 Å². The summed E-state index contributed by atoms with van der Waals surface area (Å²) in [7, 11) is 0. The fraction of sp³-hybridized carbons (Fsp3) is 0.750. The fourth-order valence-corrected chi connectivity index (χ4v) is 2.08. The first-order valence-electron chi connectivity index (χ1n) is 6.07. The SMILES string of the molecule is CCC(O)c1cnn(CC2CCOCC2)c1. The Bertz CT molecular complexity index is 319. The van der Waals surface area contributed by atoms with E-state index in [-0.39, 0.29) is 6.10 Å². The van der Waals surface area contributed by atoms with Gasteiger partial charge in [-0.15, -0.1) is 0 Å². The van der Waals surface area contributed by atoms with Gasteiger partial charge in [0, 0.05) is 31.5 Å². The zero-order chi connectivity index (χ0) is 11.4. The molecule has 90 valence electrons. The van der Waals surface area contributed by atoms with Crippen molar-refractivity contribution in [1.82, 2.24) is 9.78 Å². The highest BCUT2D eigenvalue weighted by Crippen LogP contribution is 2.19. The Morgan fingerprint density at radius 3 is 3.00 bits per heavy atom. The first kappa shape index (κ1) is 11.6. The fourth-order valence-electron chi connectivity index (χ4n) is 2.08. The first-order valence-corrected chi connectivity index (χ1v) is 6.07. The van der Waals surface area contributed by atoms with E-state index in [1.54, 1.807) is 6.20 Å². The summed E-state index contributed by atoms with van der Waals surface area (Å²) in [6.07, 6.45) is 6.33. The Kier molecular flexibility index (Phi) is 3.96. The molecule has 1 saturated heterocycles. The second kappa shape index (κ2) is 5.46. The normalized spacial score (nSPS) is 19.9. The van der Waals surface area contributed by atoms with Crippen LogP contribution in [0.2, 0.25) is 0 Å². The molecule has 0 aromatic carbocycles. The third-order valence-corrected chi connectivity index (χ3v) is 3.21. The van der Waals surface area contributed by atoms with Gasteiger partial charge >= 0.3 is 0 Å². The first-order chi connectivity index (χ1) is 7.79. The molecule has 1 aromatic heterocycles. The summed E-state index contributed by atoms with van der Waals surface area (Å²) in [6, 6.07) is 0. The van der Waals surface area contributed by atoms with Crippen LogP contribution in [0.4, 0.5) is 0 Å². The summed E-state index contributed by atoms with van der Waals surface area (Å²) in [4.78, 5) is 0. The molecule has 0 radical (unpaired) electrons. The van der Waals surface area contributed by atoms with Crippen molar-refractivity contribution in [2.45, 2.75) is 38.8 Å². The molecule has 2 rings (SSSR count). The van der Waals surface area contributed by atoms with Crippen LogP contribution in [0.5, 0.6) is 0 Å². The van der Waals surface area contributed by atoms with E-state index >= 15 is 0 Å². The predicted molar refractivity (Wildman–Crippen MR) is 61.0 cm³/mol. The van der Waals surface area contributed by atoms with Crippen molar-refractivity contribution >= 4 is 0 Å². The van der Waals surface area contributed by atoms with Gasteiger partial charge in [-0.05, 0) is 25.2 Å². The molecular weight excluding hydrogens is 204 g/mol. The van der Waals surface area contributed by atoms with Crippen molar-refractivity contribution in [3.63, 3.8) is 0 Å². The van der Waals surface area contributed by atoms with Crippen LogP contribution in [0.1, 0.15) is 37.9 Å². The summed E-state index contributed by atoms with van der Waals surface area (Å²) in [5, 5.41) is 14.0. The van der Waals surface area contributed by atoms with Crippen LogP contribution in [0.25, 0.3) is 0 Å². The van der Waals surface area contributed by atoms with Crippen LogP contribution < -0.4 is 0 Å². The quantitative estimate of drug-likeness (QED) is 0.847. The highest BCUT2D eigenvalue weighted by molar-refractivity contribution is 5.07. The monoisotopic (exact) mass is 224 g/mol.